The fourth-order valence-electron chi connectivity index (χ4n) is 2.01. The molecule has 1 N–H and O–H groups in total. The van der Waals surface area contributed by atoms with Crippen molar-refractivity contribution in [2.45, 2.75) is 13.8 Å². The quantitative estimate of drug-likeness (QED) is 0.543. The van der Waals surface area contributed by atoms with Crippen molar-refractivity contribution in [2.24, 2.45) is 5.92 Å². The largest absolute Gasteiger partial charge is 0.465 e. The van der Waals surface area contributed by atoms with Crippen LogP contribution in [0.15, 0.2) is 22.9 Å². The van der Waals surface area contributed by atoms with Crippen LogP contribution in [0.2, 0.25) is 0 Å². The lowest BCUT2D eigenvalue weighted by Crippen LogP contribution is -2.30. The third-order valence-electron chi connectivity index (χ3n) is 2.84. The van der Waals surface area contributed by atoms with Gasteiger partial charge >= 0.3 is 5.97 Å². The van der Waals surface area contributed by atoms with E-state index in [1.54, 1.807) is 19.9 Å². The Morgan fingerprint density at radius 3 is 2.82 bits per heavy atom. The average Bonchev–Trinajstić information content (AvgIpc) is 2.52. The van der Waals surface area contributed by atoms with Gasteiger partial charge in [-0.15, -0.1) is 0 Å². The number of ether oxygens (including phenoxy) is 1. The predicted molar refractivity (Wildman–Crippen MR) is 58.9 cm³/mol. The summed E-state index contributed by atoms with van der Waals surface area (Å²) in [5, 5.41) is 2.97. The first-order chi connectivity index (χ1) is 8.06. The highest BCUT2D eigenvalue weighted by atomic mass is 16.5. The van der Waals surface area contributed by atoms with Crippen LogP contribution in [0, 0.1) is 5.92 Å². The van der Waals surface area contributed by atoms with Gasteiger partial charge < -0.3 is 10.1 Å². The van der Waals surface area contributed by atoms with Crippen molar-refractivity contribution in [2.75, 3.05) is 13.2 Å². The molecule has 0 saturated heterocycles. The minimum Gasteiger partial charge on any atom is -0.465 e. The minimum absolute atomic E-state index is 0.160. The van der Waals surface area contributed by atoms with E-state index in [0.717, 1.165) is 5.70 Å². The van der Waals surface area contributed by atoms with Gasteiger partial charge in [0.05, 0.1) is 6.61 Å². The van der Waals surface area contributed by atoms with Gasteiger partial charge in [0.15, 0.2) is 17.5 Å². The summed E-state index contributed by atoms with van der Waals surface area (Å²) in [7, 11) is 0. The van der Waals surface area contributed by atoms with Gasteiger partial charge in [0.1, 0.15) is 0 Å². The van der Waals surface area contributed by atoms with Gasteiger partial charge in [0, 0.05) is 23.4 Å². The molecule has 1 unspecified atom stereocenters. The second-order valence-corrected chi connectivity index (χ2v) is 3.99. The number of dihydropyridines is 1. The van der Waals surface area contributed by atoms with Crippen molar-refractivity contribution in [3.63, 3.8) is 0 Å². The summed E-state index contributed by atoms with van der Waals surface area (Å²) in [4.78, 5) is 35.4. The molecule has 0 amide bonds. The lowest BCUT2D eigenvalue weighted by atomic mass is 10.0. The SMILES string of the molecule is CCOC(=O)C1C(=O)C2=C(CNC(C)=C2)C1=O. The number of esters is 1. The van der Waals surface area contributed by atoms with E-state index in [0.29, 0.717) is 17.7 Å². The zero-order chi connectivity index (χ0) is 12.6. The number of hydrogen-bond acceptors (Lipinski definition) is 5. The standard InChI is InChI=1S/C12H13NO4/c1-3-17-12(16)9-10(14)7-4-6(2)13-5-8(7)11(9)15/h4,9,13H,3,5H2,1-2H3. The summed E-state index contributed by atoms with van der Waals surface area (Å²) in [5.74, 6) is -2.91. The van der Waals surface area contributed by atoms with E-state index in [2.05, 4.69) is 5.32 Å². The molecule has 0 aromatic carbocycles. The fraction of sp³-hybridized carbons (Fsp3) is 0.417. The topological polar surface area (TPSA) is 72.5 Å². The summed E-state index contributed by atoms with van der Waals surface area (Å²) in [5.41, 5.74) is 1.55. The molecule has 1 atom stereocenters. The van der Waals surface area contributed by atoms with E-state index < -0.39 is 23.5 Å². The summed E-state index contributed by atoms with van der Waals surface area (Å²) >= 11 is 0. The Morgan fingerprint density at radius 2 is 2.18 bits per heavy atom. The van der Waals surface area contributed by atoms with Crippen molar-refractivity contribution < 1.29 is 19.1 Å². The molecule has 1 aliphatic heterocycles. The van der Waals surface area contributed by atoms with E-state index in [-0.39, 0.29) is 6.61 Å². The fourth-order valence-corrected chi connectivity index (χ4v) is 2.01. The van der Waals surface area contributed by atoms with E-state index in [4.69, 9.17) is 4.74 Å². The predicted octanol–water partition coefficient (Wildman–Crippen LogP) is 0.121. The molecule has 0 radical (unpaired) electrons. The lowest BCUT2D eigenvalue weighted by Gasteiger charge is -2.12. The zero-order valence-electron chi connectivity index (χ0n) is 9.70. The molecular formula is C12H13NO4. The minimum atomic E-state index is -1.29. The smallest absolute Gasteiger partial charge is 0.324 e. The highest BCUT2D eigenvalue weighted by molar-refractivity contribution is 6.34. The normalized spacial score (nSPS) is 23.2. The van der Waals surface area contributed by atoms with Crippen molar-refractivity contribution in [3.8, 4) is 0 Å². The van der Waals surface area contributed by atoms with Crippen LogP contribution >= 0.6 is 0 Å². The number of carbonyl (C=O) groups is 3. The lowest BCUT2D eigenvalue weighted by molar-refractivity contribution is -0.152. The van der Waals surface area contributed by atoms with Gasteiger partial charge in [-0.1, -0.05) is 0 Å². The number of carbonyl (C=O) groups excluding carboxylic acids is 3. The number of hydrogen-bond donors (Lipinski definition) is 1. The molecule has 1 heterocycles. The molecule has 5 nitrogen and oxygen atoms in total. The van der Waals surface area contributed by atoms with Crippen LogP contribution in [0.1, 0.15) is 13.8 Å². The third-order valence-corrected chi connectivity index (χ3v) is 2.84. The van der Waals surface area contributed by atoms with Crippen molar-refractivity contribution in [1.29, 1.82) is 0 Å². The summed E-state index contributed by atoms with van der Waals surface area (Å²) in [6, 6.07) is 0. The molecule has 5 heteroatoms. The van der Waals surface area contributed by atoms with Crippen LogP contribution in [0.25, 0.3) is 0 Å². The molecule has 90 valence electrons. The number of allylic oxidation sites excluding steroid dienone is 3. The number of nitrogens with one attached hydrogen (secondary N) is 1. The van der Waals surface area contributed by atoms with Gasteiger partial charge in [0.2, 0.25) is 0 Å². The maximum Gasteiger partial charge on any atom is 0.324 e. The molecule has 17 heavy (non-hydrogen) atoms. The van der Waals surface area contributed by atoms with Crippen molar-refractivity contribution in [1.82, 2.24) is 5.32 Å². The molecule has 1 aliphatic carbocycles. The van der Waals surface area contributed by atoms with Gasteiger partial charge in [-0.25, -0.2) is 0 Å². The van der Waals surface area contributed by atoms with Gasteiger partial charge in [-0.2, -0.15) is 0 Å². The molecule has 0 spiro atoms. The second-order valence-electron chi connectivity index (χ2n) is 3.99. The van der Waals surface area contributed by atoms with E-state index in [1.165, 1.54) is 0 Å². The first kappa shape index (κ1) is 11.6. The number of Topliss-reactive ketones (excluding diaryl/α,β-unsaturated/α-hetero) is 2. The summed E-state index contributed by atoms with van der Waals surface area (Å²) < 4.78 is 4.75. The Hall–Kier alpha value is -1.91. The van der Waals surface area contributed by atoms with Crippen LogP contribution < -0.4 is 5.32 Å². The first-order valence-electron chi connectivity index (χ1n) is 5.46. The monoisotopic (exact) mass is 235 g/mol. The molecule has 0 aromatic heterocycles. The maximum absolute atomic E-state index is 12.0. The molecule has 2 rings (SSSR count). The summed E-state index contributed by atoms with van der Waals surface area (Å²) in [6.45, 7) is 3.91. The molecule has 0 bridgehead atoms. The Balaban J connectivity index is 2.32. The Morgan fingerprint density at radius 1 is 1.47 bits per heavy atom. The molecule has 0 saturated carbocycles. The maximum atomic E-state index is 12.0. The molecule has 0 aromatic rings. The van der Waals surface area contributed by atoms with Crippen LogP contribution in [0.3, 0.4) is 0 Å². The van der Waals surface area contributed by atoms with Gasteiger partial charge in [0.25, 0.3) is 0 Å². The Kier molecular flexibility index (Phi) is 2.83. The molecule has 0 fully saturated rings. The first-order valence-corrected chi connectivity index (χ1v) is 5.46. The van der Waals surface area contributed by atoms with Crippen LogP contribution in [0.4, 0.5) is 0 Å². The summed E-state index contributed by atoms with van der Waals surface area (Å²) in [6.07, 6.45) is 1.61. The Bertz CT molecular complexity index is 473. The molecular weight excluding hydrogens is 222 g/mol. The second kappa shape index (κ2) is 4.16. The highest BCUT2D eigenvalue weighted by Gasteiger charge is 2.46. The van der Waals surface area contributed by atoms with Crippen LogP contribution in [-0.4, -0.2) is 30.7 Å². The zero-order valence-corrected chi connectivity index (χ0v) is 9.70. The van der Waals surface area contributed by atoms with Gasteiger partial charge in [-0.3, -0.25) is 14.4 Å². The van der Waals surface area contributed by atoms with Crippen molar-refractivity contribution >= 4 is 17.5 Å². The Labute approximate surface area is 98.5 Å². The number of ketones is 2. The molecule has 2 aliphatic rings. The third kappa shape index (κ3) is 1.77. The van der Waals surface area contributed by atoms with Gasteiger partial charge in [-0.05, 0) is 19.9 Å². The van der Waals surface area contributed by atoms with E-state index in [9.17, 15) is 14.4 Å². The van der Waals surface area contributed by atoms with Crippen LogP contribution in [-0.2, 0) is 19.1 Å². The highest BCUT2D eigenvalue weighted by Crippen LogP contribution is 2.29. The number of rotatable bonds is 2. The average molecular weight is 235 g/mol. The van der Waals surface area contributed by atoms with E-state index in [1.807, 2.05) is 0 Å². The van der Waals surface area contributed by atoms with Crippen molar-refractivity contribution in [3.05, 3.63) is 22.9 Å². The van der Waals surface area contributed by atoms with Crippen LogP contribution in [0.5, 0.6) is 0 Å². The van der Waals surface area contributed by atoms with E-state index >= 15 is 0 Å².